The highest BCUT2D eigenvalue weighted by Gasteiger charge is 2.11. The molecule has 0 fully saturated rings. The first-order chi connectivity index (χ1) is 7.90. The monoisotopic (exact) mass is 274 g/mol. The van der Waals surface area contributed by atoms with Crippen LogP contribution in [-0.2, 0) is 0 Å². The molecular weight excluding hydrogens is 259 g/mol. The van der Waals surface area contributed by atoms with Gasteiger partial charge in [0.25, 0.3) is 0 Å². The number of rotatable bonds is 3. The van der Waals surface area contributed by atoms with Gasteiger partial charge in [-0.1, -0.05) is 29.3 Å². The summed E-state index contributed by atoms with van der Waals surface area (Å²) in [5, 5.41) is 6.58. The van der Waals surface area contributed by atoms with Crippen LogP contribution in [0, 0.1) is 0 Å². The van der Waals surface area contributed by atoms with Gasteiger partial charge in [-0.3, -0.25) is 0 Å². The maximum atomic E-state index is 11.5. The molecule has 0 aliphatic heterocycles. The van der Waals surface area contributed by atoms with E-state index in [2.05, 4.69) is 10.6 Å². The van der Waals surface area contributed by atoms with Crippen LogP contribution in [0.5, 0.6) is 0 Å². The minimum absolute atomic E-state index is 0.107. The van der Waals surface area contributed by atoms with E-state index >= 15 is 0 Å². The van der Waals surface area contributed by atoms with Gasteiger partial charge in [-0.15, -0.1) is 0 Å². The predicted molar refractivity (Wildman–Crippen MR) is 71.7 cm³/mol. The lowest BCUT2D eigenvalue weighted by atomic mass is 10.1. The van der Waals surface area contributed by atoms with E-state index in [1.165, 1.54) is 0 Å². The van der Waals surface area contributed by atoms with Gasteiger partial charge in [0, 0.05) is 6.04 Å². The molecule has 1 aromatic carbocycles. The fourth-order valence-corrected chi connectivity index (χ4v) is 1.67. The summed E-state index contributed by atoms with van der Waals surface area (Å²) < 4.78 is 0. The zero-order valence-corrected chi connectivity index (χ0v) is 11.6. The molecule has 0 saturated heterocycles. The number of carbonyl (C=O) groups is 1. The van der Waals surface area contributed by atoms with E-state index in [0.717, 1.165) is 5.56 Å². The number of hydrogen-bond donors (Lipinski definition) is 2. The van der Waals surface area contributed by atoms with Crippen LogP contribution < -0.4 is 10.6 Å². The van der Waals surface area contributed by atoms with Crippen molar-refractivity contribution < 1.29 is 4.79 Å². The molecule has 17 heavy (non-hydrogen) atoms. The lowest BCUT2D eigenvalue weighted by Crippen LogP contribution is -2.40. The third kappa shape index (κ3) is 4.44. The SMILES string of the molecule is CC(C)NC(=O)NC(C)c1ccc(Cl)c(Cl)c1. The molecule has 5 heteroatoms. The highest BCUT2D eigenvalue weighted by atomic mass is 35.5. The van der Waals surface area contributed by atoms with Gasteiger partial charge < -0.3 is 10.6 Å². The van der Waals surface area contributed by atoms with E-state index in [-0.39, 0.29) is 18.1 Å². The van der Waals surface area contributed by atoms with Gasteiger partial charge >= 0.3 is 6.03 Å². The Morgan fingerprint density at radius 1 is 1.12 bits per heavy atom. The van der Waals surface area contributed by atoms with Crippen LogP contribution in [0.15, 0.2) is 18.2 Å². The zero-order valence-electron chi connectivity index (χ0n) is 10.1. The minimum Gasteiger partial charge on any atom is -0.336 e. The second-order valence-corrected chi connectivity index (χ2v) is 4.98. The Labute approximate surface area is 111 Å². The van der Waals surface area contributed by atoms with Gasteiger partial charge in [-0.25, -0.2) is 4.79 Å². The number of amides is 2. The summed E-state index contributed by atoms with van der Waals surface area (Å²) in [6, 6.07) is 5.11. The van der Waals surface area contributed by atoms with Crippen LogP contribution in [0.4, 0.5) is 4.79 Å². The van der Waals surface area contributed by atoms with Gasteiger partial charge in [-0.2, -0.15) is 0 Å². The molecule has 0 aliphatic carbocycles. The largest absolute Gasteiger partial charge is 0.336 e. The summed E-state index contributed by atoms with van der Waals surface area (Å²) in [4.78, 5) is 11.5. The second-order valence-electron chi connectivity index (χ2n) is 4.17. The first-order valence-corrected chi connectivity index (χ1v) is 6.17. The molecule has 3 nitrogen and oxygen atoms in total. The molecule has 0 heterocycles. The van der Waals surface area contributed by atoms with Crippen molar-refractivity contribution >= 4 is 29.2 Å². The topological polar surface area (TPSA) is 41.1 Å². The molecule has 1 aromatic rings. The number of halogens is 2. The highest BCUT2D eigenvalue weighted by Crippen LogP contribution is 2.25. The van der Waals surface area contributed by atoms with Crippen molar-refractivity contribution in [1.82, 2.24) is 10.6 Å². The molecule has 1 rings (SSSR count). The Morgan fingerprint density at radius 3 is 2.29 bits per heavy atom. The van der Waals surface area contributed by atoms with E-state index < -0.39 is 0 Å². The summed E-state index contributed by atoms with van der Waals surface area (Å²) in [6.45, 7) is 5.70. The van der Waals surface area contributed by atoms with Crippen molar-refractivity contribution in [2.45, 2.75) is 32.9 Å². The molecule has 0 bridgehead atoms. The van der Waals surface area contributed by atoms with Crippen LogP contribution in [0.25, 0.3) is 0 Å². The van der Waals surface area contributed by atoms with Gasteiger partial charge in [0.2, 0.25) is 0 Å². The molecule has 1 atom stereocenters. The summed E-state index contributed by atoms with van der Waals surface area (Å²) in [6.07, 6.45) is 0. The molecule has 0 aliphatic rings. The fraction of sp³-hybridized carbons (Fsp3) is 0.417. The Morgan fingerprint density at radius 2 is 1.76 bits per heavy atom. The third-order valence-electron chi connectivity index (χ3n) is 2.21. The smallest absolute Gasteiger partial charge is 0.315 e. The van der Waals surface area contributed by atoms with Crippen LogP contribution in [0.1, 0.15) is 32.4 Å². The average Bonchev–Trinajstić information content (AvgIpc) is 2.20. The average molecular weight is 275 g/mol. The Kier molecular flexibility index (Phi) is 5.09. The minimum atomic E-state index is -0.196. The van der Waals surface area contributed by atoms with Gasteiger partial charge in [0.05, 0.1) is 16.1 Å². The van der Waals surface area contributed by atoms with Crippen molar-refractivity contribution in [3.05, 3.63) is 33.8 Å². The number of carbonyl (C=O) groups excluding carboxylic acids is 1. The van der Waals surface area contributed by atoms with Gasteiger partial charge in [0.15, 0.2) is 0 Å². The Bertz CT molecular complexity index is 407. The van der Waals surface area contributed by atoms with Crippen LogP contribution in [-0.4, -0.2) is 12.1 Å². The van der Waals surface area contributed by atoms with Gasteiger partial charge in [0.1, 0.15) is 0 Å². The van der Waals surface area contributed by atoms with Crippen molar-refractivity contribution in [2.24, 2.45) is 0 Å². The lowest BCUT2D eigenvalue weighted by Gasteiger charge is -2.17. The number of benzene rings is 1. The standard InChI is InChI=1S/C12H16Cl2N2O/c1-7(2)15-12(17)16-8(3)9-4-5-10(13)11(14)6-9/h4-8H,1-3H3,(H2,15,16,17). The normalized spacial score (nSPS) is 12.4. The zero-order chi connectivity index (χ0) is 13.0. The highest BCUT2D eigenvalue weighted by molar-refractivity contribution is 6.42. The molecule has 0 aromatic heterocycles. The van der Waals surface area contributed by atoms with Crippen LogP contribution >= 0.6 is 23.2 Å². The van der Waals surface area contributed by atoms with Gasteiger partial charge in [-0.05, 0) is 38.5 Å². The van der Waals surface area contributed by atoms with E-state index in [4.69, 9.17) is 23.2 Å². The fourth-order valence-electron chi connectivity index (χ4n) is 1.37. The molecule has 0 spiro atoms. The maximum absolute atomic E-state index is 11.5. The first kappa shape index (κ1) is 14.1. The molecular formula is C12H16Cl2N2O. The second kappa shape index (κ2) is 6.12. The third-order valence-corrected chi connectivity index (χ3v) is 2.95. The Balaban J connectivity index is 2.66. The number of hydrogen-bond acceptors (Lipinski definition) is 1. The molecule has 94 valence electrons. The summed E-state index contributed by atoms with van der Waals surface area (Å²) in [5.74, 6) is 0. The number of nitrogens with one attached hydrogen (secondary N) is 2. The maximum Gasteiger partial charge on any atom is 0.315 e. The first-order valence-electron chi connectivity index (χ1n) is 5.42. The van der Waals surface area contributed by atoms with Crippen molar-refractivity contribution in [3.8, 4) is 0 Å². The van der Waals surface area contributed by atoms with Crippen molar-refractivity contribution in [2.75, 3.05) is 0 Å². The van der Waals surface area contributed by atoms with Crippen molar-refractivity contribution in [3.63, 3.8) is 0 Å². The summed E-state index contributed by atoms with van der Waals surface area (Å²) in [5.41, 5.74) is 0.915. The van der Waals surface area contributed by atoms with Crippen molar-refractivity contribution in [1.29, 1.82) is 0 Å². The van der Waals surface area contributed by atoms with E-state index in [1.807, 2.05) is 26.8 Å². The molecule has 0 saturated carbocycles. The summed E-state index contributed by atoms with van der Waals surface area (Å²) >= 11 is 11.7. The molecule has 2 amide bonds. The van der Waals surface area contributed by atoms with E-state index in [9.17, 15) is 4.79 Å². The van der Waals surface area contributed by atoms with E-state index in [1.54, 1.807) is 12.1 Å². The predicted octanol–water partition coefficient (Wildman–Crippen LogP) is 3.76. The number of urea groups is 1. The molecule has 2 N–H and O–H groups in total. The van der Waals surface area contributed by atoms with Crippen LogP contribution in [0.3, 0.4) is 0 Å². The molecule has 1 unspecified atom stereocenters. The van der Waals surface area contributed by atoms with Crippen LogP contribution in [0.2, 0.25) is 10.0 Å². The Hall–Kier alpha value is -0.930. The summed E-state index contributed by atoms with van der Waals surface area (Å²) in [7, 11) is 0. The van der Waals surface area contributed by atoms with E-state index in [0.29, 0.717) is 10.0 Å². The molecule has 0 radical (unpaired) electrons. The quantitative estimate of drug-likeness (QED) is 0.866. The lowest BCUT2D eigenvalue weighted by molar-refractivity contribution is 0.235.